The Morgan fingerprint density at radius 1 is 1.78 bits per heavy atom. The van der Waals surface area contributed by atoms with Gasteiger partial charge in [0.25, 0.3) is 0 Å². The molecule has 0 heterocycles. The second kappa shape index (κ2) is 3.09. The number of aliphatic hydroxyl groups is 1. The summed E-state index contributed by atoms with van der Waals surface area (Å²) < 4.78 is 0. The second-order valence-corrected chi connectivity index (χ2v) is 1.67. The molecule has 4 N–H and O–H groups in total. The largest absolute Gasteiger partial charge is 0.477 e. The van der Waals surface area contributed by atoms with Crippen molar-refractivity contribution in [3.8, 4) is 0 Å². The third-order valence-electron chi connectivity index (χ3n) is 0.668. The van der Waals surface area contributed by atoms with Crippen molar-refractivity contribution >= 4 is 5.97 Å². The molecule has 52 valence electrons. The van der Waals surface area contributed by atoms with E-state index >= 15 is 0 Å². The normalized spacial score (nSPS) is 15.1. The van der Waals surface area contributed by atoms with E-state index in [0.29, 0.717) is 0 Å². The first kappa shape index (κ1) is 7.97. The Bertz CT molecular complexity index is 139. The number of hydrogen-bond acceptors (Lipinski definition) is 3. The molecule has 0 aromatic carbocycles. The van der Waals surface area contributed by atoms with Crippen molar-refractivity contribution in [2.24, 2.45) is 5.73 Å². The van der Waals surface area contributed by atoms with Gasteiger partial charge in [0, 0.05) is 0 Å². The lowest BCUT2D eigenvalue weighted by Gasteiger charge is -1.95. The Kier molecular flexibility index (Phi) is 2.73. The van der Waals surface area contributed by atoms with Crippen LogP contribution in [0.2, 0.25) is 0 Å². The number of carboxylic acids is 1. The first-order valence-electron chi connectivity index (χ1n) is 2.42. The van der Waals surface area contributed by atoms with E-state index in [4.69, 9.17) is 15.9 Å². The average molecular weight is 131 g/mol. The highest BCUT2D eigenvalue weighted by atomic mass is 16.4. The molecule has 0 radical (unpaired) electrons. The molecule has 0 amide bonds. The smallest absolute Gasteiger partial charge is 0.351 e. The summed E-state index contributed by atoms with van der Waals surface area (Å²) in [5.41, 5.74) is 4.59. The van der Waals surface area contributed by atoms with E-state index in [-0.39, 0.29) is 5.70 Å². The lowest BCUT2D eigenvalue weighted by Crippen LogP contribution is -2.12. The van der Waals surface area contributed by atoms with Crippen LogP contribution >= 0.6 is 0 Å². The average Bonchev–Trinajstić information content (AvgIpc) is 1.63. The third-order valence-corrected chi connectivity index (χ3v) is 0.668. The van der Waals surface area contributed by atoms with Crippen molar-refractivity contribution in [3.63, 3.8) is 0 Å². The van der Waals surface area contributed by atoms with Crippen LogP contribution in [-0.2, 0) is 4.79 Å². The van der Waals surface area contributed by atoms with Gasteiger partial charge >= 0.3 is 5.97 Å². The molecule has 0 rings (SSSR count). The number of aliphatic carboxylic acids is 1. The molecule has 4 heteroatoms. The molecular weight excluding hydrogens is 122 g/mol. The lowest BCUT2D eigenvalue weighted by molar-refractivity contribution is -0.132. The summed E-state index contributed by atoms with van der Waals surface area (Å²) in [7, 11) is 0. The van der Waals surface area contributed by atoms with Gasteiger partial charge in [-0.05, 0) is 13.0 Å². The highest BCUT2D eigenvalue weighted by molar-refractivity contribution is 5.85. The fourth-order valence-corrected chi connectivity index (χ4v) is 0.331. The summed E-state index contributed by atoms with van der Waals surface area (Å²) in [6.45, 7) is 1.43. The molecule has 0 aliphatic heterocycles. The SMILES string of the molecule is CC(O)/C=C(\N)C(=O)O. The van der Waals surface area contributed by atoms with Gasteiger partial charge in [-0.25, -0.2) is 4.79 Å². The van der Waals surface area contributed by atoms with Crippen LogP contribution in [0.3, 0.4) is 0 Å². The maximum Gasteiger partial charge on any atom is 0.351 e. The fraction of sp³-hybridized carbons (Fsp3) is 0.400. The molecule has 0 spiro atoms. The Balaban J connectivity index is 4.00. The van der Waals surface area contributed by atoms with Crippen molar-refractivity contribution in [1.29, 1.82) is 0 Å². The lowest BCUT2D eigenvalue weighted by atomic mass is 10.3. The number of rotatable bonds is 2. The third kappa shape index (κ3) is 3.54. The van der Waals surface area contributed by atoms with E-state index in [2.05, 4.69) is 0 Å². The monoisotopic (exact) mass is 131 g/mol. The Morgan fingerprint density at radius 3 is 2.33 bits per heavy atom. The Labute approximate surface area is 52.6 Å². The molecule has 0 saturated heterocycles. The summed E-state index contributed by atoms with van der Waals surface area (Å²) >= 11 is 0. The minimum atomic E-state index is -1.21. The molecule has 0 aliphatic carbocycles. The number of aliphatic hydroxyl groups excluding tert-OH is 1. The van der Waals surface area contributed by atoms with Crippen LogP contribution in [0.25, 0.3) is 0 Å². The van der Waals surface area contributed by atoms with E-state index in [0.717, 1.165) is 6.08 Å². The van der Waals surface area contributed by atoms with E-state index in [1.54, 1.807) is 0 Å². The highest BCUT2D eigenvalue weighted by Crippen LogP contribution is 1.87. The fourth-order valence-electron chi connectivity index (χ4n) is 0.331. The van der Waals surface area contributed by atoms with Gasteiger partial charge in [0.1, 0.15) is 5.70 Å². The standard InChI is InChI=1S/C5H9NO3/c1-3(7)2-4(6)5(8)9/h2-3,7H,6H2,1H3,(H,8,9)/b4-2-. The molecule has 0 saturated carbocycles. The van der Waals surface area contributed by atoms with Gasteiger partial charge in [0.15, 0.2) is 0 Å². The quantitative estimate of drug-likeness (QED) is 0.432. The summed E-state index contributed by atoms with van der Waals surface area (Å²) in [4.78, 5) is 9.93. The number of hydrogen-bond donors (Lipinski definition) is 3. The van der Waals surface area contributed by atoms with Crippen LogP contribution in [0.4, 0.5) is 0 Å². The molecule has 0 aromatic heterocycles. The number of nitrogens with two attached hydrogens (primary N) is 1. The van der Waals surface area contributed by atoms with E-state index in [9.17, 15) is 4.79 Å². The molecule has 0 fully saturated rings. The predicted octanol–water partition coefficient (Wildman–Crippen LogP) is -0.706. The molecule has 0 aliphatic rings. The van der Waals surface area contributed by atoms with Crippen molar-refractivity contribution in [3.05, 3.63) is 11.8 Å². The summed E-state index contributed by atoms with van der Waals surface area (Å²) in [5.74, 6) is -1.21. The van der Waals surface area contributed by atoms with Gasteiger partial charge in [0.05, 0.1) is 6.10 Å². The number of carbonyl (C=O) groups is 1. The van der Waals surface area contributed by atoms with Crippen LogP contribution < -0.4 is 5.73 Å². The van der Waals surface area contributed by atoms with Crippen molar-refractivity contribution < 1.29 is 15.0 Å². The van der Waals surface area contributed by atoms with E-state index < -0.39 is 12.1 Å². The maximum absolute atomic E-state index is 9.93. The van der Waals surface area contributed by atoms with Gasteiger partial charge in [-0.1, -0.05) is 0 Å². The van der Waals surface area contributed by atoms with Crippen LogP contribution in [0.15, 0.2) is 11.8 Å². The minimum Gasteiger partial charge on any atom is -0.477 e. The minimum absolute atomic E-state index is 0.329. The second-order valence-electron chi connectivity index (χ2n) is 1.67. The van der Waals surface area contributed by atoms with Crippen molar-refractivity contribution in [2.45, 2.75) is 13.0 Å². The molecular formula is C5H9NO3. The zero-order chi connectivity index (χ0) is 7.44. The molecule has 4 nitrogen and oxygen atoms in total. The first-order chi connectivity index (χ1) is 4.04. The van der Waals surface area contributed by atoms with Gasteiger partial charge in [-0.3, -0.25) is 0 Å². The molecule has 1 unspecified atom stereocenters. The zero-order valence-corrected chi connectivity index (χ0v) is 5.03. The van der Waals surface area contributed by atoms with Gasteiger partial charge < -0.3 is 15.9 Å². The van der Waals surface area contributed by atoms with Crippen molar-refractivity contribution in [2.75, 3.05) is 0 Å². The molecule has 0 bridgehead atoms. The number of carboxylic acid groups (broad SMARTS) is 1. The molecule has 1 atom stereocenters. The van der Waals surface area contributed by atoms with Crippen LogP contribution in [-0.4, -0.2) is 22.3 Å². The van der Waals surface area contributed by atoms with Gasteiger partial charge in [-0.15, -0.1) is 0 Å². The van der Waals surface area contributed by atoms with Crippen molar-refractivity contribution in [1.82, 2.24) is 0 Å². The Hall–Kier alpha value is -1.03. The molecule has 9 heavy (non-hydrogen) atoms. The summed E-state index contributed by atoms with van der Waals surface area (Å²) in [6.07, 6.45) is 0.253. The maximum atomic E-state index is 9.93. The Morgan fingerprint density at radius 2 is 2.22 bits per heavy atom. The van der Waals surface area contributed by atoms with Crippen LogP contribution in [0.1, 0.15) is 6.92 Å². The van der Waals surface area contributed by atoms with E-state index in [1.807, 2.05) is 0 Å². The topological polar surface area (TPSA) is 83.5 Å². The predicted molar refractivity (Wildman–Crippen MR) is 31.6 cm³/mol. The van der Waals surface area contributed by atoms with Gasteiger partial charge in [-0.2, -0.15) is 0 Å². The van der Waals surface area contributed by atoms with Crippen LogP contribution in [0.5, 0.6) is 0 Å². The first-order valence-corrected chi connectivity index (χ1v) is 2.42. The van der Waals surface area contributed by atoms with Crippen LogP contribution in [0, 0.1) is 0 Å². The summed E-state index contributed by atoms with van der Waals surface area (Å²) in [6, 6.07) is 0. The molecule has 0 aromatic rings. The van der Waals surface area contributed by atoms with E-state index in [1.165, 1.54) is 6.92 Å². The summed E-state index contributed by atoms with van der Waals surface area (Å²) in [5, 5.41) is 16.7. The zero-order valence-electron chi connectivity index (χ0n) is 5.03. The van der Waals surface area contributed by atoms with Gasteiger partial charge in [0.2, 0.25) is 0 Å². The highest BCUT2D eigenvalue weighted by Gasteiger charge is 2.00.